The highest BCUT2D eigenvalue weighted by Gasteiger charge is 2.16. The fourth-order valence-corrected chi connectivity index (χ4v) is 2.93. The third-order valence-corrected chi connectivity index (χ3v) is 3.69. The van der Waals surface area contributed by atoms with E-state index in [0.717, 1.165) is 32.8 Å². The van der Waals surface area contributed by atoms with Gasteiger partial charge in [-0.25, -0.2) is 0 Å². The van der Waals surface area contributed by atoms with Crippen LogP contribution in [0.3, 0.4) is 0 Å². The molecule has 84 valence electrons. The van der Waals surface area contributed by atoms with Crippen molar-refractivity contribution in [1.82, 2.24) is 20.4 Å². The topological polar surface area (TPSA) is 57.4 Å². The van der Waals surface area contributed by atoms with E-state index in [1.54, 1.807) is 0 Å². The normalized spacial score (nSPS) is 12.4. The molecule has 0 atom stereocenters. The summed E-state index contributed by atoms with van der Waals surface area (Å²) in [4.78, 5) is 0. The summed E-state index contributed by atoms with van der Waals surface area (Å²) in [5, 5.41) is 19.8. The predicted molar refractivity (Wildman–Crippen MR) is 71.9 cm³/mol. The number of nitrogens with zero attached hydrogens (tertiary/aromatic N) is 2. The van der Waals surface area contributed by atoms with Crippen LogP contribution in [0.15, 0.2) is 36.4 Å². The van der Waals surface area contributed by atoms with Crippen molar-refractivity contribution in [3.63, 3.8) is 0 Å². The van der Waals surface area contributed by atoms with Gasteiger partial charge in [-0.05, 0) is 12.1 Å². The van der Waals surface area contributed by atoms with Gasteiger partial charge in [0.1, 0.15) is 11.0 Å². The number of rotatable bonds is 0. The maximum Gasteiger partial charge on any atom is 0.101 e. The van der Waals surface area contributed by atoms with Gasteiger partial charge in [0, 0.05) is 21.5 Å². The molecule has 4 nitrogen and oxygen atoms in total. The van der Waals surface area contributed by atoms with Gasteiger partial charge in [0.05, 0.1) is 11.0 Å². The molecular formula is C14H8N4. The molecule has 5 rings (SSSR count). The maximum absolute atomic E-state index is 4.46. The summed E-state index contributed by atoms with van der Waals surface area (Å²) < 4.78 is 0. The first-order valence-electron chi connectivity index (χ1n) is 5.88. The summed E-state index contributed by atoms with van der Waals surface area (Å²) >= 11 is 0. The molecule has 0 spiro atoms. The van der Waals surface area contributed by atoms with Crippen LogP contribution in [0, 0.1) is 0 Å². The molecule has 0 saturated heterocycles. The maximum atomic E-state index is 4.46. The van der Waals surface area contributed by atoms with Crippen LogP contribution in [0.4, 0.5) is 0 Å². The number of nitrogens with one attached hydrogen (secondary N) is 2. The van der Waals surface area contributed by atoms with Crippen molar-refractivity contribution in [2.45, 2.75) is 0 Å². The Bertz CT molecular complexity index is 937. The molecule has 0 aliphatic carbocycles. The molecule has 5 aromatic rings. The molecule has 2 aromatic heterocycles. The molecular weight excluding hydrogens is 224 g/mol. The molecule has 0 fully saturated rings. The predicted octanol–water partition coefficient (Wildman–Crippen LogP) is 3.18. The molecule has 3 aromatic carbocycles. The summed E-state index contributed by atoms with van der Waals surface area (Å²) in [6.45, 7) is 0. The lowest BCUT2D eigenvalue weighted by molar-refractivity contribution is 1.15. The second-order valence-corrected chi connectivity index (χ2v) is 4.60. The lowest BCUT2D eigenvalue weighted by Gasteiger charge is -2.02. The van der Waals surface area contributed by atoms with Crippen LogP contribution in [-0.4, -0.2) is 20.4 Å². The summed E-state index contributed by atoms with van der Waals surface area (Å²) in [6.07, 6.45) is 0. The van der Waals surface area contributed by atoms with Gasteiger partial charge in [0.15, 0.2) is 0 Å². The van der Waals surface area contributed by atoms with E-state index >= 15 is 0 Å². The number of aromatic nitrogens is 4. The quantitative estimate of drug-likeness (QED) is 0.403. The van der Waals surface area contributed by atoms with E-state index in [4.69, 9.17) is 0 Å². The minimum Gasteiger partial charge on any atom is -0.277 e. The van der Waals surface area contributed by atoms with Gasteiger partial charge >= 0.3 is 0 Å². The summed E-state index contributed by atoms with van der Waals surface area (Å²) in [7, 11) is 0. The Kier molecular flexibility index (Phi) is 1.23. The molecule has 0 radical (unpaired) electrons. The lowest BCUT2D eigenvalue weighted by Crippen LogP contribution is -1.80. The number of aromatic amines is 2. The molecule has 2 N–H and O–H groups in total. The van der Waals surface area contributed by atoms with Gasteiger partial charge in [-0.3, -0.25) is 10.2 Å². The van der Waals surface area contributed by atoms with Gasteiger partial charge in [0.2, 0.25) is 0 Å². The Morgan fingerprint density at radius 1 is 0.667 bits per heavy atom. The second-order valence-electron chi connectivity index (χ2n) is 4.60. The van der Waals surface area contributed by atoms with E-state index in [9.17, 15) is 0 Å². The van der Waals surface area contributed by atoms with E-state index in [0.29, 0.717) is 0 Å². The average Bonchev–Trinajstić information content (AvgIpc) is 3.01. The minimum atomic E-state index is 1.03. The zero-order chi connectivity index (χ0) is 11.7. The third kappa shape index (κ3) is 0.777. The third-order valence-electron chi connectivity index (χ3n) is 3.69. The fourth-order valence-electron chi connectivity index (χ4n) is 2.93. The molecule has 0 aliphatic heterocycles. The standard InChI is InChI=1S/C14H8N4/c1-3-7-11-9(5-1)15-18-14(11)8-4-2-6-10-12(8)13(7)17-16-10/h1-6H,(H,15,18)(H,16,17). The van der Waals surface area contributed by atoms with Crippen LogP contribution in [0.5, 0.6) is 0 Å². The highest BCUT2D eigenvalue weighted by Crippen LogP contribution is 2.37. The monoisotopic (exact) mass is 232 g/mol. The first kappa shape index (κ1) is 8.47. The minimum absolute atomic E-state index is 1.03. The zero-order valence-corrected chi connectivity index (χ0v) is 9.36. The van der Waals surface area contributed by atoms with E-state index < -0.39 is 0 Å². The SMILES string of the molecule is c1cc2[nH]nc3c4cccc5[nH]nc(c(c1)c23)c54. The molecule has 0 bridgehead atoms. The van der Waals surface area contributed by atoms with Gasteiger partial charge in [-0.2, -0.15) is 10.2 Å². The van der Waals surface area contributed by atoms with Crippen molar-refractivity contribution in [3.8, 4) is 0 Å². The van der Waals surface area contributed by atoms with Crippen LogP contribution in [0.25, 0.3) is 43.6 Å². The first-order chi connectivity index (χ1) is 8.93. The molecule has 0 saturated carbocycles. The van der Waals surface area contributed by atoms with Crippen LogP contribution < -0.4 is 0 Å². The Hall–Kier alpha value is -2.62. The second kappa shape index (κ2) is 2.61. The van der Waals surface area contributed by atoms with E-state index in [1.807, 2.05) is 24.3 Å². The molecule has 0 aliphatic rings. The fraction of sp³-hybridized carbons (Fsp3) is 0. The largest absolute Gasteiger partial charge is 0.277 e. The Balaban J connectivity index is 2.35. The van der Waals surface area contributed by atoms with Crippen molar-refractivity contribution < 1.29 is 0 Å². The molecule has 0 amide bonds. The van der Waals surface area contributed by atoms with Crippen molar-refractivity contribution in [2.24, 2.45) is 0 Å². The Morgan fingerprint density at radius 3 is 1.67 bits per heavy atom. The molecule has 0 unspecified atom stereocenters. The number of H-pyrrole nitrogens is 2. The van der Waals surface area contributed by atoms with Crippen molar-refractivity contribution in [3.05, 3.63) is 36.4 Å². The zero-order valence-electron chi connectivity index (χ0n) is 9.36. The van der Waals surface area contributed by atoms with Gasteiger partial charge in [-0.15, -0.1) is 0 Å². The van der Waals surface area contributed by atoms with Crippen molar-refractivity contribution in [2.75, 3.05) is 0 Å². The highest BCUT2D eigenvalue weighted by atomic mass is 15.1. The van der Waals surface area contributed by atoms with E-state index in [2.05, 4.69) is 32.5 Å². The van der Waals surface area contributed by atoms with E-state index in [1.165, 1.54) is 10.8 Å². The number of hydrogen-bond acceptors (Lipinski definition) is 2. The first-order valence-corrected chi connectivity index (χ1v) is 5.88. The molecule has 18 heavy (non-hydrogen) atoms. The van der Waals surface area contributed by atoms with Crippen molar-refractivity contribution >= 4 is 43.6 Å². The Morgan fingerprint density at radius 2 is 1.17 bits per heavy atom. The van der Waals surface area contributed by atoms with Crippen LogP contribution in [0.2, 0.25) is 0 Å². The number of benzene rings is 3. The molecule has 4 heteroatoms. The molecule has 2 heterocycles. The lowest BCUT2D eigenvalue weighted by atomic mass is 10.0. The van der Waals surface area contributed by atoms with Crippen LogP contribution >= 0.6 is 0 Å². The smallest absolute Gasteiger partial charge is 0.101 e. The van der Waals surface area contributed by atoms with Crippen molar-refractivity contribution in [1.29, 1.82) is 0 Å². The summed E-state index contributed by atoms with van der Waals surface area (Å²) in [5.41, 5.74) is 4.18. The summed E-state index contributed by atoms with van der Waals surface area (Å²) in [6, 6.07) is 12.4. The number of fused-ring (bicyclic) bond motifs is 2. The van der Waals surface area contributed by atoms with Gasteiger partial charge < -0.3 is 0 Å². The Labute approximate surface area is 101 Å². The van der Waals surface area contributed by atoms with Crippen LogP contribution in [-0.2, 0) is 0 Å². The average molecular weight is 232 g/mol. The number of hydrogen-bond donors (Lipinski definition) is 2. The van der Waals surface area contributed by atoms with E-state index in [-0.39, 0.29) is 0 Å². The van der Waals surface area contributed by atoms with Gasteiger partial charge in [-0.1, -0.05) is 24.3 Å². The highest BCUT2D eigenvalue weighted by molar-refractivity contribution is 6.30. The van der Waals surface area contributed by atoms with Gasteiger partial charge in [0.25, 0.3) is 0 Å². The van der Waals surface area contributed by atoms with Crippen LogP contribution in [0.1, 0.15) is 0 Å². The summed E-state index contributed by atoms with van der Waals surface area (Å²) in [5.74, 6) is 0.